The molecule has 3 fully saturated rings. The van der Waals surface area contributed by atoms with Crippen LogP contribution >= 0.6 is 0 Å². The minimum absolute atomic E-state index is 0.0138. The Morgan fingerprint density at radius 3 is 2.61 bits per heavy atom. The fourth-order valence-electron chi connectivity index (χ4n) is 6.44. The molecule has 44 heavy (non-hydrogen) atoms. The molecule has 234 valence electrons. The third-order valence-corrected chi connectivity index (χ3v) is 8.53. The molecule has 5 heterocycles. The van der Waals surface area contributed by atoms with E-state index in [4.69, 9.17) is 14.0 Å². The molecule has 2 aromatic heterocycles. The fraction of sp³-hybridized carbons (Fsp3) is 0.500. The topological polar surface area (TPSA) is 127 Å². The Kier molecular flexibility index (Phi) is 7.11. The molecule has 3 aromatic rings. The summed E-state index contributed by atoms with van der Waals surface area (Å²) in [6.07, 6.45) is -1.86. The maximum atomic E-state index is 14.3. The van der Waals surface area contributed by atoms with Gasteiger partial charge in [0.2, 0.25) is 5.89 Å². The first-order valence-electron chi connectivity index (χ1n) is 14.5. The molecular weight excluding hydrogens is 587 g/mol. The molecule has 1 aliphatic carbocycles. The third-order valence-electron chi connectivity index (χ3n) is 8.53. The molecule has 0 radical (unpaired) electrons. The van der Waals surface area contributed by atoms with Crippen LogP contribution in [-0.2, 0) is 22.7 Å². The summed E-state index contributed by atoms with van der Waals surface area (Å²) < 4.78 is 54.5. The molecule has 0 bridgehead atoms. The number of hydrogen-bond donors (Lipinski definition) is 1. The van der Waals surface area contributed by atoms with E-state index in [0.717, 1.165) is 22.6 Å². The lowest BCUT2D eigenvalue weighted by Crippen LogP contribution is -2.59. The smallest absolute Gasteiger partial charge is 0.492 e. The molecule has 0 amide bonds. The summed E-state index contributed by atoms with van der Waals surface area (Å²) in [6, 6.07) is 8.37. The number of carbonyl (C=O) groups excluding carboxylic acids is 1. The Hall–Kier alpha value is -4.31. The van der Waals surface area contributed by atoms with E-state index in [2.05, 4.69) is 10.3 Å². The molecular formula is C28H30F3N7O6. The molecule has 4 aliphatic rings. The van der Waals surface area contributed by atoms with Crippen molar-refractivity contribution in [3.63, 3.8) is 0 Å². The predicted octanol–water partition coefficient (Wildman–Crippen LogP) is 1.84. The van der Waals surface area contributed by atoms with Crippen molar-refractivity contribution < 1.29 is 32.0 Å². The second kappa shape index (κ2) is 11.0. The number of anilines is 2. The van der Waals surface area contributed by atoms with Crippen LogP contribution in [0.5, 0.6) is 5.75 Å². The average Bonchev–Trinajstić information content (AvgIpc) is 3.32. The number of hydroxylamine groups is 1. The number of hydrogen-bond acceptors (Lipinski definition) is 11. The van der Waals surface area contributed by atoms with Crippen molar-refractivity contribution in [3.05, 3.63) is 69.5 Å². The van der Waals surface area contributed by atoms with E-state index >= 15 is 0 Å². The van der Waals surface area contributed by atoms with E-state index in [1.165, 1.54) is 21.9 Å². The van der Waals surface area contributed by atoms with Crippen molar-refractivity contribution in [1.82, 2.24) is 24.3 Å². The van der Waals surface area contributed by atoms with Gasteiger partial charge in [-0.1, -0.05) is 18.2 Å². The average molecular weight is 618 g/mol. The largest absolute Gasteiger partial charge is 0.493 e. The Labute approximate surface area is 248 Å². The van der Waals surface area contributed by atoms with Crippen molar-refractivity contribution in [3.8, 4) is 5.75 Å². The first-order chi connectivity index (χ1) is 21.2. The second-order valence-corrected chi connectivity index (χ2v) is 11.3. The van der Waals surface area contributed by atoms with Gasteiger partial charge in [-0.2, -0.15) is 13.2 Å². The van der Waals surface area contributed by atoms with Crippen LogP contribution in [0.25, 0.3) is 0 Å². The maximum absolute atomic E-state index is 14.3. The molecule has 1 saturated carbocycles. The first kappa shape index (κ1) is 28.5. The van der Waals surface area contributed by atoms with Gasteiger partial charge in [-0.15, -0.1) is 5.06 Å². The highest BCUT2D eigenvalue weighted by atomic mass is 19.4. The van der Waals surface area contributed by atoms with Crippen molar-refractivity contribution in [1.29, 1.82) is 0 Å². The molecule has 3 unspecified atom stereocenters. The van der Waals surface area contributed by atoms with Crippen LogP contribution in [0.4, 0.5) is 24.7 Å². The Morgan fingerprint density at radius 1 is 1.11 bits per heavy atom. The normalized spacial score (nSPS) is 23.2. The zero-order chi connectivity index (χ0) is 30.6. The van der Waals surface area contributed by atoms with Crippen LogP contribution in [0.1, 0.15) is 31.2 Å². The van der Waals surface area contributed by atoms with E-state index in [1.54, 1.807) is 24.3 Å². The van der Waals surface area contributed by atoms with Crippen LogP contribution in [-0.4, -0.2) is 69.7 Å². The highest BCUT2D eigenvalue weighted by Gasteiger charge is 2.55. The van der Waals surface area contributed by atoms with Gasteiger partial charge in [0.1, 0.15) is 18.6 Å². The van der Waals surface area contributed by atoms with Crippen LogP contribution in [0.2, 0.25) is 0 Å². The van der Waals surface area contributed by atoms with Gasteiger partial charge in [0.15, 0.2) is 17.8 Å². The van der Waals surface area contributed by atoms with Crippen LogP contribution in [0.15, 0.2) is 56.8 Å². The highest BCUT2D eigenvalue weighted by molar-refractivity contribution is 5.80. The van der Waals surface area contributed by atoms with Gasteiger partial charge < -0.3 is 24.2 Å². The van der Waals surface area contributed by atoms with Crippen LogP contribution < -0.4 is 31.3 Å². The van der Waals surface area contributed by atoms with Gasteiger partial charge in [-0.25, -0.2) is 14.6 Å². The van der Waals surface area contributed by atoms with Crippen LogP contribution in [0.3, 0.4) is 0 Å². The summed E-state index contributed by atoms with van der Waals surface area (Å²) in [5.41, 5.74) is -1.55. The van der Waals surface area contributed by atoms with Crippen molar-refractivity contribution in [2.75, 3.05) is 36.2 Å². The zero-order valence-electron chi connectivity index (χ0n) is 23.5. The molecule has 2 saturated heterocycles. The third kappa shape index (κ3) is 5.00. The van der Waals surface area contributed by atoms with Gasteiger partial charge in [0, 0.05) is 25.2 Å². The number of aromatic nitrogens is 3. The van der Waals surface area contributed by atoms with Crippen molar-refractivity contribution in [2.45, 2.75) is 56.9 Å². The van der Waals surface area contributed by atoms with E-state index in [-0.39, 0.29) is 49.1 Å². The minimum atomic E-state index is -5.32. The minimum Gasteiger partial charge on any atom is -0.492 e. The Morgan fingerprint density at radius 2 is 1.91 bits per heavy atom. The number of halogens is 3. The van der Waals surface area contributed by atoms with Gasteiger partial charge in [0.25, 0.3) is 5.56 Å². The summed E-state index contributed by atoms with van der Waals surface area (Å²) in [5.74, 6) is -1.70. The van der Waals surface area contributed by atoms with E-state index in [9.17, 15) is 27.6 Å². The van der Waals surface area contributed by atoms with Gasteiger partial charge in [-0.3, -0.25) is 18.8 Å². The molecule has 16 heteroatoms. The van der Waals surface area contributed by atoms with Gasteiger partial charge in [-0.05, 0) is 43.9 Å². The lowest BCUT2D eigenvalue weighted by atomic mass is 10.1. The quantitative estimate of drug-likeness (QED) is 0.378. The summed E-state index contributed by atoms with van der Waals surface area (Å²) >= 11 is 0. The number of fused-ring (bicyclic) bond motifs is 2. The van der Waals surface area contributed by atoms with Crippen molar-refractivity contribution in [2.24, 2.45) is 5.92 Å². The number of oxazole rings is 1. The summed E-state index contributed by atoms with van der Waals surface area (Å²) in [4.78, 5) is 53.3. The molecule has 1 aromatic carbocycles. The van der Waals surface area contributed by atoms with E-state index in [1.807, 2.05) is 11.0 Å². The lowest BCUT2D eigenvalue weighted by Gasteiger charge is -2.39. The number of ether oxygens (including phenoxy) is 1. The lowest BCUT2D eigenvalue weighted by molar-refractivity contribution is -0.203. The summed E-state index contributed by atoms with van der Waals surface area (Å²) in [5, 5.41) is 4.12. The molecule has 0 spiro atoms. The van der Waals surface area contributed by atoms with Crippen LogP contribution in [0, 0.1) is 5.92 Å². The number of carbonyl (C=O) groups is 1. The highest BCUT2D eigenvalue weighted by Crippen LogP contribution is 2.46. The molecule has 7 rings (SSSR count). The second-order valence-electron chi connectivity index (χ2n) is 11.3. The van der Waals surface area contributed by atoms with Gasteiger partial charge >= 0.3 is 17.8 Å². The molecule has 13 nitrogen and oxygen atoms in total. The number of benzene rings is 1. The predicted molar refractivity (Wildman–Crippen MR) is 148 cm³/mol. The molecule has 1 N–H and O–H groups in total. The summed E-state index contributed by atoms with van der Waals surface area (Å²) in [7, 11) is 0. The number of para-hydroxylation sites is 1. The number of rotatable bonds is 9. The zero-order valence-corrected chi connectivity index (χ0v) is 23.5. The standard InChI is InChI=1S/C28H30F3N7O6/c29-28(30,31)25(40)44-38-23-22(36(16-21-33-9-12-43-21)26(38)34-10-8-17-14-32-15-20(17)34)24(39)35(27(41)37(23)18-6-7-18)11-13-42-19-4-2-1-3-5-19/h1-5,9,12,17-18,20,26,32H,6-8,10-11,13-16H2. The monoisotopic (exact) mass is 617 g/mol. The number of nitrogens with zero attached hydrogens (tertiary/aromatic N) is 6. The maximum Gasteiger partial charge on any atom is 0.493 e. The molecule has 3 atom stereocenters. The Balaban J connectivity index is 1.37. The van der Waals surface area contributed by atoms with Gasteiger partial charge in [0.05, 0.1) is 19.3 Å². The summed E-state index contributed by atoms with van der Waals surface area (Å²) in [6.45, 7) is 1.48. The first-order valence-corrected chi connectivity index (χ1v) is 14.5. The molecule has 3 aliphatic heterocycles. The SMILES string of the molecule is O=C(ON1c2c(c(=O)n(CCOc3ccccc3)c(=O)n2C2CC2)N(Cc2ncco2)C1N1CCC2CNCC21)C(F)(F)F. The Bertz CT molecular complexity index is 1640. The van der Waals surface area contributed by atoms with E-state index < -0.39 is 35.7 Å². The number of alkyl halides is 3. The van der Waals surface area contributed by atoms with E-state index in [0.29, 0.717) is 31.7 Å². The number of likely N-dealkylation sites (tertiary alicyclic amines) is 1. The van der Waals surface area contributed by atoms with Crippen molar-refractivity contribution >= 4 is 17.5 Å². The number of nitrogens with one attached hydrogen (secondary N) is 1. The fourth-order valence-corrected chi connectivity index (χ4v) is 6.44.